The van der Waals surface area contributed by atoms with E-state index >= 15 is 0 Å². The van der Waals surface area contributed by atoms with Gasteiger partial charge >= 0.3 is 5.97 Å². The maximum absolute atomic E-state index is 12.3. The standard InChI is InChI=1S/C26H35NO4Si/c1-26(2,3)32(22-10-6-4-7-11-22,23-12-8-5-9-13-23)31-20-21-16-18-27(19-17-21)24(28)14-15-25(29)30/h4-13,21H,14-20H2,1-3H3,(H,29,30). The molecule has 1 N–H and O–H groups in total. The summed E-state index contributed by atoms with van der Waals surface area (Å²) in [5.74, 6) is -0.592. The second-order valence-electron chi connectivity index (χ2n) is 9.69. The molecule has 1 fully saturated rings. The van der Waals surface area contributed by atoms with Gasteiger partial charge in [-0.2, -0.15) is 0 Å². The molecule has 0 spiro atoms. The van der Waals surface area contributed by atoms with Gasteiger partial charge in [-0.3, -0.25) is 9.59 Å². The van der Waals surface area contributed by atoms with E-state index in [4.69, 9.17) is 9.53 Å². The minimum atomic E-state index is -2.54. The van der Waals surface area contributed by atoms with E-state index in [9.17, 15) is 9.59 Å². The Morgan fingerprint density at radius 1 is 0.938 bits per heavy atom. The summed E-state index contributed by atoms with van der Waals surface area (Å²) in [6.45, 7) is 8.86. The molecular formula is C26H35NO4Si. The molecule has 0 saturated carbocycles. The van der Waals surface area contributed by atoms with Gasteiger partial charge in [0.15, 0.2) is 0 Å². The molecule has 5 nitrogen and oxygen atoms in total. The van der Waals surface area contributed by atoms with Gasteiger partial charge in [0.25, 0.3) is 8.32 Å². The minimum absolute atomic E-state index is 0.0524. The van der Waals surface area contributed by atoms with Crippen LogP contribution in [0.2, 0.25) is 5.04 Å². The predicted octanol–water partition coefficient (Wildman–Crippen LogP) is 3.67. The smallest absolute Gasteiger partial charge is 0.303 e. The lowest BCUT2D eigenvalue weighted by Crippen LogP contribution is -2.67. The molecule has 3 rings (SSSR count). The summed E-state index contributed by atoms with van der Waals surface area (Å²) < 4.78 is 7.04. The summed E-state index contributed by atoms with van der Waals surface area (Å²) in [7, 11) is -2.54. The van der Waals surface area contributed by atoms with Crippen molar-refractivity contribution < 1.29 is 19.1 Å². The SMILES string of the molecule is CC(C)(C)[Si](OCC1CCN(C(=O)CCC(=O)O)CC1)(c1ccccc1)c1ccccc1. The van der Waals surface area contributed by atoms with E-state index in [2.05, 4.69) is 69.3 Å². The lowest BCUT2D eigenvalue weighted by molar-refractivity contribution is -0.141. The van der Waals surface area contributed by atoms with Crippen molar-refractivity contribution in [3.63, 3.8) is 0 Å². The fourth-order valence-corrected chi connectivity index (χ4v) is 9.37. The van der Waals surface area contributed by atoms with Gasteiger partial charge in [-0.25, -0.2) is 0 Å². The van der Waals surface area contributed by atoms with Crippen LogP contribution in [0.3, 0.4) is 0 Å². The molecule has 0 aliphatic carbocycles. The minimum Gasteiger partial charge on any atom is -0.481 e. The number of carboxylic acids is 1. The summed E-state index contributed by atoms with van der Waals surface area (Å²) in [6.07, 6.45) is 1.75. The number of nitrogens with zero attached hydrogens (tertiary/aromatic N) is 1. The predicted molar refractivity (Wildman–Crippen MR) is 130 cm³/mol. The van der Waals surface area contributed by atoms with E-state index in [0.29, 0.717) is 25.6 Å². The van der Waals surface area contributed by atoms with Crippen molar-refractivity contribution in [2.75, 3.05) is 19.7 Å². The Morgan fingerprint density at radius 2 is 1.44 bits per heavy atom. The number of carbonyl (C=O) groups excluding carboxylic acids is 1. The van der Waals surface area contributed by atoms with Crippen LogP contribution in [0.1, 0.15) is 46.5 Å². The number of carbonyl (C=O) groups is 2. The average molecular weight is 454 g/mol. The zero-order valence-corrected chi connectivity index (χ0v) is 20.4. The van der Waals surface area contributed by atoms with Crippen LogP contribution in [-0.2, 0) is 14.0 Å². The monoisotopic (exact) mass is 453 g/mol. The Balaban J connectivity index is 1.75. The van der Waals surface area contributed by atoms with E-state index in [1.54, 1.807) is 0 Å². The normalized spacial score (nSPS) is 15.5. The molecule has 1 amide bonds. The van der Waals surface area contributed by atoms with E-state index in [1.165, 1.54) is 10.4 Å². The van der Waals surface area contributed by atoms with Crippen molar-refractivity contribution in [1.82, 2.24) is 4.90 Å². The molecule has 1 aliphatic rings. The summed E-state index contributed by atoms with van der Waals surface area (Å²) in [6, 6.07) is 21.3. The zero-order valence-electron chi connectivity index (χ0n) is 19.4. The third kappa shape index (κ3) is 5.48. The first-order valence-corrected chi connectivity index (χ1v) is 13.4. The molecule has 0 bridgehead atoms. The highest BCUT2D eigenvalue weighted by Crippen LogP contribution is 2.37. The second kappa shape index (κ2) is 10.4. The largest absolute Gasteiger partial charge is 0.481 e. The third-order valence-corrected chi connectivity index (χ3v) is 11.5. The number of rotatable bonds is 8. The molecule has 0 aromatic heterocycles. The summed E-state index contributed by atoms with van der Waals surface area (Å²) in [5, 5.41) is 11.3. The van der Waals surface area contributed by atoms with Gasteiger partial charge in [0, 0.05) is 26.1 Å². The summed E-state index contributed by atoms with van der Waals surface area (Å²) in [5.41, 5.74) is 0. The van der Waals surface area contributed by atoms with Gasteiger partial charge in [-0.05, 0) is 34.2 Å². The fraction of sp³-hybridized carbons (Fsp3) is 0.462. The first kappa shape index (κ1) is 24.2. The first-order chi connectivity index (χ1) is 15.2. The quantitative estimate of drug-likeness (QED) is 0.620. The number of hydrogen-bond acceptors (Lipinski definition) is 3. The lowest BCUT2D eigenvalue weighted by Gasteiger charge is -2.44. The van der Waals surface area contributed by atoms with E-state index in [0.717, 1.165) is 12.8 Å². The number of benzene rings is 2. The molecular weight excluding hydrogens is 418 g/mol. The Morgan fingerprint density at radius 3 is 1.88 bits per heavy atom. The molecule has 6 heteroatoms. The molecule has 0 radical (unpaired) electrons. The van der Waals surface area contributed by atoms with Gasteiger partial charge in [0.2, 0.25) is 5.91 Å². The highest BCUT2D eigenvalue weighted by Gasteiger charge is 2.50. The van der Waals surface area contributed by atoms with Gasteiger partial charge in [-0.15, -0.1) is 0 Å². The Labute approximate surface area is 192 Å². The van der Waals surface area contributed by atoms with Gasteiger partial charge < -0.3 is 14.4 Å². The van der Waals surface area contributed by atoms with Crippen LogP contribution in [0.5, 0.6) is 0 Å². The highest BCUT2D eigenvalue weighted by molar-refractivity contribution is 6.99. The number of piperidine rings is 1. The topological polar surface area (TPSA) is 66.8 Å². The summed E-state index contributed by atoms with van der Waals surface area (Å²) in [4.78, 5) is 24.8. The van der Waals surface area contributed by atoms with Crippen LogP contribution >= 0.6 is 0 Å². The Hall–Kier alpha value is -2.44. The third-order valence-electron chi connectivity index (χ3n) is 6.47. The molecule has 1 aliphatic heterocycles. The highest BCUT2D eigenvalue weighted by atomic mass is 28.4. The molecule has 1 heterocycles. The van der Waals surface area contributed by atoms with Crippen molar-refractivity contribution in [1.29, 1.82) is 0 Å². The van der Waals surface area contributed by atoms with Crippen LogP contribution in [-0.4, -0.2) is 49.9 Å². The fourth-order valence-electron chi connectivity index (χ4n) is 4.73. The number of likely N-dealkylation sites (tertiary alicyclic amines) is 1. The maximum atomic E-state index is 12.3. The molecule has 2 aromatic carbocycles. The van der Waals surface area contributed by atoms with Crippen LogP contribution in [0.15, 0.2) is 60.7 Å². The van der Waals surface area contributed by atoms with E-state index in [-0.39, 0.29) is 23.8 Å². The molecule has 2 aromatic rings. The van der Waals surface area contributed by atoms with Crippen LogP contribution in [0, 0.1) is 5.92 Å². The average Bonchev–Trinajstić information content (AvgIpc) is 2.79. The van der Waals surface area contributed by atoms with Crippen molar-refractivity contribution in [2.45, 2.75) is 51.5 Å². The van der Waals surface area contributed by atoms with E-state index < -0.39 is 14.3 Å². The van der Waals surface area contributed by atoms with Crippen LogP contribution in [0.25, 0.3) is 0 Å². The molecule has 1 saturated heterocycles. The number of amides is 1. The van der Waals surface area contributed by atoms with Crippen molar-refractivity contribution >= 4 is 30.6 Å². The number of aliphatic carboxylic acids is 1. The van der Waals surface area contributed by atoms with Crippen molar-refractivity contribution in [3.8, 4) is 0 Å². The molecule has 172 valence electrons. The number of hydrogen-bond donors (Lipinski definition) is 1. The van der Waals surface area contributed by atoms with Gasteiger partial charge in [-0.1, -0.05) is 81.4 Å². The summed E-state index contributed by atoms with van der Waals surface area (Å²) >= 11 is 0. The van der Waals surface area contributed by atoms with Crippen LogP contribution in [0.4, 0.5) is 0 Å². The zero-order chi connectivity index (χ0) is 23.2. The Kier molecular flexibility index (Phi) is 7.90. The molecule has 0 unspecified atom stereocenters. The maximum Gasteiger partial charge on any atom is 0.303 e. The van der Waals surface area contributed by atoms with Crippen molar-refractivity contribution in [3.05, 3.63) is 60.7 Å². The van der Waals surface area contributed by atoms with Crippen LogP contribution < -0.4 is 10.4 Å². The second-order valence-corrected chi connectivity index (χ2v) is 14.0. The van der Waals surface area contributed by atoms with Crippen molar-refractivity contribution in [2.24, 2.45) is 5.92 Å². The van der Waals surface area contributed by atoms with Gasteiger partial charge in [0.1, 0.15) is 0 Å². The first-order valence-electron chi connectivity index (χ1n) is 11.5. The molecule has 0 atom stereocenters. The lowest BCUT2D eigenvalue weighted by atomic mass is 9.97. The van der Waals surface area contributed by atoms with Gasteiger partial charge in [0.05, 0.1) is 6.42 Å². The number of carboxylic acid groups (broad SMARTS) is 1. The molecule has 32 heavy (non-hydrogen) atoms. The Bertz CT molecular complexity index is 848. The van der Waals surface area contributed by atoms with E-state index in [1.807, 2.05) is 17.0 Å².